The van der Waals surface area contributed by atoms with Crippen molar-refractivity contribution in [2.75, 3.05) is 25.1 Å². The second kappa shape index (κ2) is 5.32. The molecule has 0 saturated heterocycles. The molecule has 1 amide bonds. The summed E-state index contributed by atoms with van der Waals surface area (Å²) >= 11 is 0. The molecule has 5 heteroatoms. The van der Waals surface area contributed by atoms with Crippen LogP contribution < -0.4 is 11.1 Å². The summed E-state index contributed by atoms with van der Waals surface area (Å²) in [6.07, 6.45) is 0. The number of carbonyl (C=O) groups is 1. The zero-order valence-electron chi connectivity index (χ0n) is 13.1. The molecular formula is C15H25N3O2. The van der Waals surface area contributed by atoms with Crippen molar-refractivity contribution in [3.8, 4) is 0 Å². The van der Waals surface area contributed by atoms with Gasteiger partial charge in [-0.1, -0.05) is 0 Å². The normalized spacial score (nSPS) is 12.2. The van der Waals surface area contributed by atoms with Crippen molar-refractivity contribution in [1.82, 2.24) is 4.90 Å². The Morgan fingerprint density at radius 1 is 1.25 bits per heavy atom. The quantitative estimate of drug-likeness (QED) is 0.736. The average Bonchev–Trinajstić information content (AvgIpc) is 2.26. The Bertz CT molecular complexity index is 502. The lowest BCUT2D eigenvalue weighted by Gasteiger charge is -2.39. The van der Waals surface area contributed by atoms with Crippen molar-refractivity contribution in [2.45, 2.75) is 38.8 Å². The van der Waals surface area contributed by atoms with Crippen molar-refractivity contribution in [3.63, 3.8) is 0 Å². The lowest BCUT2D eigenvalue weighted by molar-refractivity contribution is 0.0240. The third-order valence-electron chi connectivity index (χ3n) is 3.66. The monoisotopic (exact) mass is 279 g/mol. The molecule has 0 atom stereocenters. The van der Waals surface area contributed by atoms with Gasteiger partial charge in [0.15, 0.2) is 0 Å². The molecule has 4 N–H and O–H groups in total. The maximum Gasteiger partial charge on any atom is 0.255 e. The zero-order valence-corrected chi connectivity index (χ0v) is 13.1. The fraction of sp³-hybridized carbons (Fsp3) is 0.533. The van der Waals surface area contributed by atoms with Crippen LogP contribution in [0.5, 0.6) is 0 Å². The summed E-state index contributed by atoms with van der Waals surface area (Å²) in [7, 11) is 3.40. The molecule has 1 aromatic carbocycles. The van der Waals surface area contributed by atoms with Gasteiger partial charge in [-0.05, 0) is 45.9 Å². The predicted octanol–water partition coefficient (Wildman–Crippen LogP) is 1.93. The van der Waals surface area contributed by atoms with Crippen LogP contribution in [0.4, 0.5) is 11.4 Å². The van der Waals surface area contributed by atoms with Gasteiger partial charge in [0.25, 0.3) is 5.91 Å². The number of anilines is 2. The first-order valence-corrected chi connectivity index (χ1v) is 6.57. The molecule has 0 aliphatic rings. The van der Waals surface area contributed by atoms with Gasteiger partial charge in [-0.2, -0.15) is 0 Å². The van der Waals surface area contributed by atoms with E-state index in [4.69, 9.17) is 5.73 Å². The number of nitrogens with one attached hydrogen (secondary N) is 1. The van der Waals surface area contributed by atoms with E-state index >= 15 is 0 Å². The Balaban J connectivity index is 3.24. The van der Waals surface area contributed by atoms with E-state index < -0.39 is 11.1 Å². The maximum absolute atomic E-state index is 12.2. The Labute approximate surface area is 120 Å². The highest BCUT2D eigenvalue weighted by Crippen LogP contribution is 2.29. The van der Waals surface area contributed by atoms with Crippen LogP contribution in [0.2, 0.25) is 0 Å². The van der Waals surface area contributed by atoms with E-state index in [1.807, 2.05) is 13.8 Å². The van der Waals surface area contributed by atoms with Gasteiger partial charge in [0, 0.05) is 25.5 Å². The first-order chi connectivity index (χ1) is 8.95. The van der Waals surface area contributed by atoms with Crippen LogP contribution in [0.3, 0.4) is 0 Å². The van der Waals surface area contributed by atoms with Crippen LogP contribution in [0.1, 0.15) is 38.1 Å². The SMILES string of the molecule is CN(C)C(=O)c1ccc(N)cc1NC(C)(C)C(C)(C)O. The minimum Gasteiger partial charge on any atom is -0.399 e. The van der Waals surface area contributed by atoms with Gasteiger partial charge >= 0.3 is 0 Å². The summed E-state index contributed by atoms with van der Waals surface area (Å²) in [6.45, 7) is 7.19. The largest absolute Gasteiger partial charge is 0.399 e. The molecule has 0 unspecified atom stereocenters. The van der Waals surface area contributed by atoms with Crippen molar-refractivity contribution in [1.29, 1.82) is 0 Å². The molecular weight excluding hydrogens is 254 g/mol. The molecule has 0 fully saturated rings. The number of nitrogen functional groups attached to an aromatic ring is 1. The van der Waals surface area contributed by atoms with Gasteiger partial charge in [0.1, 0.15) is 0 Å². The highest BCUT2D eigenvalue weighted by molar-refractivity contribution is 6.00. The number of carbonyl (C=O) groups excluding carboxylic acids is 1. The summed E-state index contributed by atoms with van der Waals surface area (Å²) in [4.78, 5) is 13.7. The Hall–Kier alpha value is -1.75. The molecule has 0 spiro atoms. The number of benzene rings is 1. The molecule has 5 nitrogen and oxygen atoms in total. The highest BCUT2D eigenvalue weighted by Gasteiger charge is 2.35. The molecule has 0 saturated carbocycles. The molecule has 1 rings (SSSR count). The van der Waals surface area contributed by atoms with Crippen LogP contribution >= 0.6 is 0 Å². The van der Waals surface area contributed by atoms with E-state index in [0.717, 1.165) is 0 Å². The summed E-state index contributed by atoms with van der Waals surface area (Å²) in [5, 5.41) is 13.5. The minimum absolute atomic E-state index is 0.112. The molecule has 0 aromatic heterocycles. The molecule has 0 bridgehead atoms. The second-order valence-electron chi connectivity index (χ2n) is 6.31. The highest BCUT2D eigenvalue weighted by atomic mass is 16.3. The van der Waals surface area contributed by atoms with E-state index in [1.54, 1.807) is 46.1 Å². The number of hydrogen-bond donors (Lipinski definition) is 3. The van der Waals surface area contributed by atoms with Gasteiger partial charge in [0.05, 0.1) is 16.7 Å². The van der Waals surface area contributed by atoms with Crippen LogP contribution in [0.15, 0.2) is 18.2 Å². The standard InChI is InChI=1S/C15H25N3O2/c1-14(2,15(3,4)20)17-12-9-10(16)7-8-11(12)13(19)18(5)6/h7-9,17,20H,16H2,1-6H3. The summed E-state index contributed by atoms with van der Waals surface area (Å²) in [5.74, 6) is -0.112. The Kier molecular flexibility index (Phi) is 4.34. The third kappa shape index (κ3) is 3.42. The lowest BCUT2D eigenvalue weighted by atomic mass is 9.85. The van der Waals surface area contributed by atoms with Crippen molar-refractivity contribution in [3.05, 3.63) is 23.8 Å². The van der Waals surface area contributed by atoms with E-state index in [1.165, 1.54) is 4.90 Å². The molecule has 0 heterocycles. The number of amides is 1. The fourth-order valence-electron chi connectivity index (χ4n) is 1.58. The Morgan fingerprint density at radius 2 is 1.80 bits per heavy atom. The fourth-order valence-corrected chi connectivity index (χ4v) is 1.58. The summed E-state index contributed by atoms with van der Waals surface area (Å²) < 4.78 is 0. The number of hydrogen-bond acceptors (Lipinski definition) is 4. The molecule has 0 radical (unpaired) electrons. The maximum atomic E-state index is 12.2. The van der Waals surface area contributed by atoms with E-state index in [-0.39, 0.29) is 5.91 Å². The molecule has 112 valence electrons. The average molecular weight is 279 g/mol. The Morgan fingerprint density at radius 3 is 2.25 bits per heavy atom. The molecule has 0 aliphatic heterocycles. The summed E-state index contributed by atoms with van der Waals surface area (Å²) in [6, 6.07) is 5.10. The lowest BCUT2D eigenvalue weighted by Crippen LogP contribution is -2.51. The van der Waals surface area contributed by atoms with E-state index in [2.05, 4.69) is 5.32 Å². The van der Waals surface area contributed by atoms with Crippen molar-refractivity contribution >= 4 is 17.3 Å². The van der Waals surface area contributed by atoms with Gasteiger partial charge in [-0.25, -0.2) is 0 Å². The topological polar surface area (TPSA) is 78.6 Å². The predicted molar refractivity (Wildman–Crippen MR) is 82.9 cm³/mol. The first-order valence-electron chi connectivity index (χ1n) is 6.57. The first kappa shape index (κ1) is 16.3. The van der Waals surface area contributed by atoms with Crippen LogP contribution in [-0.4, -0.2) is 41.1 Å². The van der Waals surface area contributed by atoms with Gasteiger partial charge < -0.3 is 21.1 Å². The number of aliphatic hydroxyl groups is 1. The zero-order chi connectivity index (χ0) is 15.7. The van der Waals surface area contributed by atoms with E-state index in [9.17, 15) is 9.90 Å². The van der Waals surface area contributed by atoms with Crippen LogP contribution in [0.25, 0.3) is 0 Å². The minimum atomic E-state index is -0.962. The van der Waals surface area contributed by atoms with Crippen molar-refractivity contribution in [2.24, 2.45) is 0 Å². The number of rotatable bonds is 4. The summed E-state index contributed by atoms with van der Waals surface area (Å²) in [5.41, 5.74) is 5.93. The second-order valence-corrected chi connectivity index (χ2v) is 6.31. The molecule has 1 aromatic rings. The van der Waals surface area contributed by atoms with E-state index in [0.29, 0.717) is 16.9 Å². The van der Waals surface area contributed by atoms with Crippen LogP contribution in [-0.2, 0) is 0 Å². The number of nitrogens with two attached hydrogens (primary N) is 1. The van der Waals surface area contributed by atoms with Gasteiger partial charge in [0.2, 0.25) is 0 Å². The smallest absolute Gasteiger partial charge is 0.255 e. The van der Waals surface area contributed by atoms with Gasteiger partial charge in [-0.15, -0.1) is 0 Å². The number of nitrogens with zero attached hydrogens (tertiary/aromatic N) is 1. The van der Waals surface area contributed by atoms with Gasteiger partial charge in [-0.3, -0.25) is 4.79 Å². The molecule has 20 heavy (non-hydrogen) atoms. The van der Waals surface area contributed by atoms with Crippen molar-refractivity contribution < 1.29 is 9.90 Å². The molecule has 0 aliphatic carbocycles. The third-order valence-corrected chi connectivity index (χ3v) is 3.66. The van der Waals surface area contributed by atoms with Crippen LogP contribution in [0, 0.1) is 0 Å².